The van der Waals surface area contributed by atoms with Gasteiger partial charge in [-0.2, -0.15) is 0 Å². The molecule has 3 heterocycles. The fourth-order valence-corrected chi connectivity index (χ4v) is 5.14. The van der Waals surface area contributed by atoms with E-state index < -0.39 is 0 Å². The maximum Gasteiger partial charge on any atom is 0.494 e. The van der Waals surface area contributed by atoms with Gasteiger partial charge >= 0.3 is 7.12 Å². The van der Waals surface area contributed by atoms with Crippen LogP contribution in [0.15, 0.2) is 36.4 Å². The molecule has 0 amide bonds. The van der Waals surface area contributed by atoms with Gasteiger partial charge in [-0.15, -0.1) is 0 Å². The van der Waals surface area contributed by atoms with E-state index >= 15 is 0 Å². The Hall–Kier alpha value is -1.77. The predicted molar refractivity (Wildman–Crippen MR) is 116 cm³/mol. The fourth-order valence-electron chi connectivity index (χ4n) is 4.94. The number of hydrogen-bond acceptors (Lipinski definition) is 5. The molecule has 29 heavy (non-hydrogen) atoms. The van der Waals surface area contributed by atoms with E-state index in [0.29, 0.717) is 4.64 Å². The molecule has 0 radical (unpaired) electrons. The van der Waals surface area contributed by atoms with E-state index in [1.807, 2.05) is 6.33 Å². The summed E-state index contributed by atoms with van der Waals surface area (Å²) in [6, 6.07) is 0. The van der Waals surface area contributed by atoms with E-state index in [1.165, 1.54) is 12.8 Å². The molecule has 8 heteroatoms. The van der Waals surface area contributed by atoms with Crippen LogP contribution in [0.2, 0.25) is 0 Å². The summed E-state index contributed by atoms with van der Waals surface area (Å²) >= 11 is 5.28. The largest absolute Gasteiger partial charge is 0.494 e. The van der Waals surface area contributed by atoms with Gasteiger partial charge < -0.3 is 18.9 Å². The van der Waals surface area contributed by atoms with E-state index in [0.717, 1.165) is 42.4 Å². The number of aromatic nitrogens is 4. The highest BCUT2D eigenvalue weighted by Gasteiger charge is 2.58. The number of fused-ring (bicyclic) bond motifs is 2. The zero-order valence-corrected chi connectivity index (χ0v) is 18.1. The Labute approximate surface area is 176 Å². The number of nitrogens with zero attached hydrogens (tertiary/aromatic N) is 3. The van der Waals surface area contributed by atoms with Crippen LogP contribution < -0.4 is 0 Å². The zero-order chi connectivity index (χ0) is 20.3. The van der Waals surface area contributed by atoms with Crippen LogP contribution >= 0.6 is 12.2 Å². The Morgan fingerprint density at radius 3 is 2.55 bits per heavy atom. The maximum atomic E-state index is 6.46. The summed E-state index contributed by atoms with van der Waals surface area (Å²) in [7, 11) is -0.264. The monoisotopic (exact) mass is 410 g/mol. The second-order valence-corrected chi connectivity index (χ2v) is 9.80. The first-order chi connectivity index (χ1) is 13.8. The minimum absolute atomic E-state index is 0.0188. The summed E-state index contributed by atoms with van der Waals surface area (Å²) in [5, 5.41) is 0. The summed E-state index contributed by atoms with van der Waals surface area (Å²) in [5.74, 6) is 0. The van der Waals surface area contributed by atoms with Crippen LogP contribution in [0.5, 0.6) is 0 Å². The minimum atomic E-state index is -0.264. The predicted octanol–water partition coefficient (Wildman–Crippen LogP) is 4.55. The number of aromatic amines is 1. The molecule has 0 bridgehead atoms. The lowest BCUT2D eigenvalue weighted by Gasteiger charge is -2.43. The molecule has 3 atom stereocenters. The number of rotatable bonds is 3. The van der Waals surface area contributed by atoms with Gasteiger partial charge in [-0.25, -0.2) is 9.97 Å². The number of imidazole rings is 1. The molecule has 2 aromatic rings. The fraction of sp³-hybridized carbons (Fsp3) is 0.571. The molecule has 0 aromatic carbocycles. The van der Waals surface area contributed by atoms with Crippen molar-refractivity contribution in [2.75, 3.05) is 0 Å². The highest BCUT2D eigenvalue weighted by Crippen LogP contribution is 2.49. The van der Waals surface area contributed by atoms with Gasteiger partial charge in [0.1, 0.15) is 11.2 Å². The van der Waals surface area contributed by atoms with Crippen molar-refractivity contribution >= 4 is 30.5 Å². The number of allylic oxidation sites excluding steroid dienone is 4. The van der Waals surface area contributed by atoms with Crippen molar-refractivity contribution in [3.63, 3.8) is 0 Å². The summed E-state index contributed by atoms with van der Waals surface area (Å²) in [6.07, 6.45) is 15.7. The molecule has 1 N–H and O–H groups in total. The van der Waals surface area contributed by atoms with E-state index in [1.54, 1.807) is 6.33 Å². The van der Waals surface area contributed by atoms with Crippen LogP contribution in [-0.4, -0.2) is 37.8 Å². The molecule has 1 aliphatic heterocycles. The van der Waals surface area contributed by atoms with E-state index in [4.69, 9.17) is 21.5 Å². The van der Waals surface area contributed by atoms with Crippen molar-refractivity contribution in [2.45, 2.75) is 70.6 Å². The molecule has 0 spiro atoms. The van der Waals surface area contributed by atoms with Gasteiger partial charge in [0.05, 0.1) is 23.9 Å². The van der Waals surface area contributed by atoms with Gasteiger partial charge in [0.2, 0.25) is 0 Å². The smallest absolute Gasteiger partial charge is 0.399 e. The average Bonchev–Trinajstić information content (AvgIpc) is 3.21. The zero-order valence-electron chi connectivity index (χ0n) is 17.3. The topological polar surface area (TPSA) is 65.0 Å². The summed E-state index contributed by atoms with van der Waals surface area (Å²) in [5.41, 5.74) is 2.41. The number of hydrogen-bond donors (Lipinski definition) is 1. The van der Waals surface area contributed by atoms with Gasteiger partial charge in [0, 0.05) is 12.0 Å². The van der Waals surface area contributed by atoms with E-state index in [9.17, 15) is 0 Å². The molecule has 1 saturated heterocycles. The third kappa shape index (κ3) is 3.12. The molecule has 3 unspecified atom stereocenters. The molecule has 2 aliphatic carbocycles. The van der Waals surface area contributed by atoms with Gasteiger partial charge in [0.25, 0.3) is 0 Å². The first-order valence-electron chi connectivity index (χ1n) is 10.4. The molecule has 6 nitrogen and oxygen atoms in total. The van der Waals surface area contributed by atoms with Crippen molar-refractivity contribution in [3.8, 4) is 0 Å². The Bertz CT molecular complexity index is 1060. The molecule has 5 rings (SSSR count). The van der Waals surface area contributed by atoms with Gasteiger partial charge in [-0.3, -0.25) is 0 Å². The Morgan fingerprint density at radius 2 is 1.90 bits per heavy atom. The number of H-pyrrole nitrogens is 1. The van der Waals surface area contributed by atoms with Crippen LogP contribution in [0.1, 0.15) is 52.9 Å². The average molecular weight is 410 g/mol. The summed E-state index contributed by atoms with van der Waals surface area (Å²) in [6.45, 7) is 7.50. The summed E-state index contributed by atoms with van der Waals surface area (Å²) < 4.78 is 15.6. The number of nitrogens with one attached hydrogen (secondary N) is 1. The molecular weight excluding hydrogens is 383 g/mol. The van der Waals surface area contributed by atoms with Crippen LogP contribution in [0, 0.1) is 10.1 Å². The molecule has 152 valence electrons. The highest BCUT2D eigenvalue weighted by molar-refractivity contribution is 7.71. The van der Waals surface area contributed by atoms with Crippen molar-refractivity contribution in [3.05, 3.63) is 41.0 Å². The molecule has 2 fully saturated rings. The SMILES string of the molecule is CC1(Cn2cnc3c(=S)nc[nH]c32)C=CC(B2OC3(C)CCCCC3(C)O2)=CC1. The van der Waals surface area contributed by atoms with Gasteiger partial charge in [0.15, 0.2) is 4.64 Å². The molecule has 2 aromatic heterocycles. The normalized spacial score (nSPS) is 34.4. The third-order valence-corrected chi connectivity index (χ3v) is 7.42. The van der Waals surface area contributed by atoms with E-state index in [2.05, 4.69) is 58.5 Å². The Kier molecular flexibility index (Phi) is 4.39. The molecule has 3 aliphatic rings. The third-order valence-electron chi connectivity index (χ3n) is 7.12. The standard InChI is InChI=1S/C21H27BN4O2S/c1-19(12-26-14-25-16-17(26)23-13-24-18(16)29)10-6-15(7-11-19)22-27-20(2)8-4-5-9-21(20,3)28-22/h6-7,10,13-14H,4-5,8-9,11-12H2,1-3H3,(H,23,24,29). The lowest BCUT2D eigenvalue weighted by molar-refractivity contribution is -0.0556. The highest BCUT2D eigenvalue weighted by atomic mass is 32.1. The minimum Gasteiger partial charge on any atom is -0.399 e. The molecule has 1 saturated carbocycles. The van der Waals surface area contributed by atoms with Crippen LogP contribution in [0.4, 0.5) is 0 Å². The van der Waals surface area contributed by atoms with Crippen molar-refractivity contribution in [1.29, 1.82) is 0 Å². The van der Waals surface area contributed by atoms with Crippen LogP contribution in [-0.2, 0) is 15.9 Å². The van der Waals surface area contributed by atoms with Crippen LogP contribution in [0.25, 0.3) is 11.2 Å². The first-order valence-corrected chi connectivity index (χ1v) is 10.9. The van der Waals surface area contributed by atoms with Crippen LogP contribution in [0.3, 0.4) is 0 Å². The quantitative estimate of drug-likeness (QED) is 0.594. The molecular formula is C21H27BN4O2S. The first kappa shape index (κ1) is 19.2. The van der Waals surface area contributed by atoms with Gasteiger partial charge in [-0.05, 0) is 38.6 Å². The van der Waals surface area contributed by atoms with Gasteiger partial charge in [-0.1, -0.05) is 50.2 Å². The summed E-state index contributed by atoms with van der Waals surface area (Å²) in [4.78, 5) is 11.7. The lowest BCUT2D eigenvalue weighted by Crippen LogP contribution is -2.49. The Balaban J connectivity index is 1.33. The van der Waals surface area contributed by atoms with Crippen molar-refractivity contribution < 1.29 is 9.31 Å². The Morgan fingerprint density at radius 1 is 1.17 bits per heavy atom. The second kappa shape index (κ2) is 6.62. The van der Waals surface area contributed by atoms with Crippen molar-refractivity contribution in [1.82, 2.24) is 19.5 Å². The maximum absolute atomic E-state index is 6.46. The lowest BCUT2D eigenvalue weighted by atomic mass is 9.70. The van der Waals surface area contributed by atoms with Crippen molar-refractivity contribution in [2.24, 2.45) is 5.41 Å². The second-order valence-electron chi connectivity index (χ2n) is 9.41. The van der Waals surface area contributed by atoms with E-state index in [-0.39, 0.29) is 23.7 Å².